The largest absolute Gasteiger partial charge is 0.417 e. The molecule has 3 aromatic rings. The van der Waals surface area contributed by atoms with Crippen LogP contribution in [0.3, 0.4) is 0 Å². The summed E-state index contributed by atoms with van der Waals surface area (Å²) in [5.74, 6) is 1.85. The SMILES string of the molecule is FC(F)(F)c1ccc(N2CCC(Nc3cncc(-n4cccn4)n3)CC2)nc1. The molecule has 0 unspecified atom stereocenters. The third kappa shape index (κ3) is 4.05. The molecule has 28 heavy (non-hydrogen) atoms. The molecule has 0 bridgehead atoms. The van der Waals surface area contributed by atoms with Crippen LogP contribution in [-0.2, 0) is 6.18 Å². The van der Waals surface area contributed by atoms with Crippen LogP contribution in [0, 0.1) is 0 Å². The average molecular weight is 389 g/mol. The highest BCUT2D eigenvalue weighted by Gasteiger charge is 2.31. The third-order valence-electron chi connectivity index (χ3n) is 4.61. The second-order valence-corrected chi connectivity index (χ2v) is 6.52. The van der Waals surface area contributed by atoms with Crippen molar-refractivity contribution in [2.45, 2.75) is 25.1 Å². The summed E-state index contributed by atoms with van der Waals surface area (Å²) in [6.45, 7) is 1.39. The molecule has 146 valence electrons. The van der Waals surface area contributed by atoms with Gasteiger partial charge in [0.1, 0.15) is 11.6 Å². The van der Waals surface area contributed by atoms with Crippen LogP contribution < -0.4 is 10.2 Å². The summed E-state index contributed by atoms with van der Waals surface area (Å²) in [6.07, 6.45) is 4.92. The molecule has 0 amide bonds. The normalized spacial score (nSPS) is 15.6. The first kappa shape index (κ1) is 18.2. The van der Waals surface area contributed by atoms with Gasteiger partial charge in [0.25, 0.3) is 0 Å². The van der Waals surface area contributed by atoms with Gasteiger partial charge in [-0.15, -0.1) is 0 Å². The van der Waals surface area contributed by atoms with Gasteiger partial charge in [-0.3, -0.25) is 4.98 Å². The summed E-state index contributed by atoms with van der Waals surface area (Å²) in [5.41, 5.74) is -0.733. The molecule has 0 aromatic carbocycles. The Bertz CT molecular complexity index is 902. The maximum Gasteiger partial charge on any atom is 0.417 e. The molecule has 10 heteroatoms. The molecule has 4 rings (SSSR count). The lowest BCUT2D eigenvalue weighted by Crippen LogP contribution is -2.39. The third-order valence-corrected chi connectivity index (χ3v) is 4.61. The van der Waals surface area contributed by atoms with Crippen LogP contribution in [0.2, 0.25) is 0 Å². The minimum Gasteiger partial charge on any atom is -0.366 e. The predicted molar refractivity (Wildman–Crippen MR) is 97.3 cm³/mol. The first-order chi connectivity index (χ1) is 13.5. The molecule has 7 nitrogen and oxygen atoms in total. The summed E-state index contributed by atoms with van der Waals surface area (Å²) in [7, 11) is 0. The fourth-order valence-electron chi connectivity index (χ4n) is 3.14. The number of halogens is 3. The number of hydrogen-bond donors (Lipinski definition) is 1. The van der Waals surface area contributed by atoms with Crippen LogP contribution in [-0.4, -0.2) is 43.9 Å². The molecule has 1 saturated heterocycles. The highest BCUT2D eigenvalue weighted by Crippen LogP contribution is 2.30. The highest BCUT2D eigenvalue weighted by molar-refractivity contribution is 5.42. The molecule has 1 aliphatic rings. The second kappa shape index (κ2) is 7.45. The molecular weight excluding hydrogens is 371 g/mol. The van der Waals surface area contributed by atoms with E-state index in [1.54, 1.807) is 29.5 Å². The van der Waals surface area contributed by atoms with Crippen LogP contribution in [0.1, 0.15) is 18.4 Å². The number of nitrogens with one attached hydrogen (secondary N) is 1. The second-order valence-electron chi connectivity index (χ2n) is 6.52. The smallest absolute Gasteiger partial charge is 0.366 e. The van der Waals surface area contributed by atoms with E-state index in [0.29, 0.717) is 30.5 Å². The van der Waals surface area contributed by atoms with Crippen molar-refractivity contribution < 1.29 is 13.2 Å². The number of alkyl halides is 3. The van der Waals surface area contributed by atoms with E-state index in [1.165, 1.54) is 6.07 Å². The van der Waals surface area contributed by atoms with Crippen molar-refractivity contribution in [2.24, 2.45) is 0 Å². The molecule has 4 heterocycles. The number of hydrogen-bond acceptors (Lipinski definition) is 6. The van der Waals surface area contributed by atoms with E-state index < -0.39 is 11.7 Å². The fraction of sp³-hybridized carbons (Fsp3) is 0.333. The number of aromatic nitrogens is 5. The van der Waals surface area contributed by atoms with Gasteiger partial charge < -0.3 is 10.2 Å². The zero-order valence-electron chi connectivity index (χ0n) is 14.8. The maximum absolute atomic E-state index is 12.7. The van der Waals surface area contributed by atoms with E-state index >= 15 is 0 Å². The lowest BCUT2D eigenvalue weighted by Gasteiger charge is -2.33. The monoisotopic (exact) mass is 389 g/mol. The zero-order valence-corrected chi connectivity index (χ0v) is 14.8. The Morgan fingerprint density at radius 1 is 1.04 bits per heavy atom. The molecule has 1 aliphatic heterocycles. The molecule has 0 radical (unpaired) electrons. The van der Waals surface area contributed by atoms with Crippen molar-refractivity contribution >= 4 is 11.6 Å². The van der Waals surface area contributed by atoms with Gasteiger partial charge in [-0.2, -0.15) is 18.3 Å². The molecule has 3 aromatic heterocycles. The predicted octanol–water partition coefficient (Wildman–Crippen LogP) is 3.16. The van der Waals surface area contributed by atoms with E-state index in [4.69, 9.17) is 0 Å². The highest BCUT2D eigenvalue weighted by atomic mass is 19.4. The summed E-state index contributed by atoms with van der Waals surface area (Å²) in [4.78, 5) is 14.7. The summed E-state index contributed by atoms with van der Waals surface area (Å²) >= 11 is 0. The molecule has 0 saturated carbocycles. The van der Waals surface area contributed by atoms with Crippen molar-refractivity contribution in [3.05, 3.63) is 54.7 Å². The van der Waals surface area contributed by atoms with Gasteiger partial charge in [0.15, 0.2) is 5.82 Å². The van der Waals surface area contributed by atoms with Gasteiger partial charge in [0, 0.05) is 37.7 Å². The Morgan fingerprint density at radius 2 is 1.86 bits per heavy atom. The number of anilines is 2. The average Bonchev–Trinajstić information content (AvgIpc) is 3.23. The van der Waals surface area contributed by atoms with Crippen LogP contribution in [0.15, 0.2) is 49.2 Å². The topological polar surface area (TPSA) is 71.8 Å². The van der Waals surface area contributed by atoms with Gasteiger partial charge in [0.2, 0.25) is 0 Å². The van der Waals surface area contributed by atoms with Gasteiger partial charge in [0.05, 0.1) is 18.0 Å². The summed E-state index contributed by atoms with van der Waals surface area (Å²) in [5, 5.41) is 7.52. The minimum absolute atomic E-state index is 0.202. The summed E-state index contributed by atoms with van der Waals surface area (Å²) < 4.78 is 39.6. The number of rotatable bonds is 4. The van der Waals surface area contributed by atoms with Gasteiger partial charge >= 0.3 is 6.18 Å². The van der Waals surface area contributed by atoms with E-state index in [9.17, 15) is 13.2 Å². The Hall–Kier alpha value is -3.17. The Balaban J connectivity index is 1.35. The van der Waals surface area contributed by atoms with Crippen molar-refractivity contribution in [2.75, 3.05) is 23.3 Å². The van der Waals surface area contributed by atoms with E-state index in [-0.39, 0.29) is 6.04 Å². The van der Waals surface area contributed by atoms with Crippen molar-refractivity contribution in [3.63, 3.8) is 0 Å². The molecule has 0 aliphatic carbocycles. The number of piperidine rings is 1. The first-order valence-electron chi connectivity index (χ1n) is 8.86. The van der Waals surface area contributed by atoms with E-state index in [2.05, 4.69) is 25.4 Å². The molecular formula is C18H18F3N7. The van der Waals surface area contributed by atoms with Crippen molar-refractivity contribution in [1.82, 2.24) is 24.7 Å². The first-order valence-corrected chi connectivity index (χ1v) is 8.86. The summed E-state index contributed by atoms with van der Waals surface area (Å²) in [6, 6.07) is 4.51. The van der Waals surface area contributed by atoms with Crippen LogP contribution in [0.25, 0.3) is 5.82 Å². The molecule has 1 N–H and O–H groups in total. The Morgan fingerprint density at radius 3 is 2.50 bits per heavy atom. The van der Waals surface area contributed by atoms with Crippen LogP contribution in [0.4, 0.5) is 24.8 Å². The van der Waals surface area contributed by atoms with Gasteiger partial charge in [-0.1, -0.05) is 0 Å². The Labute approximate surface area is 159 Å². The zero-order chi connectivity index (χ0) is 19.6. The van der Waals surface area contributed by atoms with Crippen molar-refractivity contribution in [1.29, 1.82) is 0 Å². The van der Waals surface area contributed by atoms with Crippen LogP contribution in [0.5, 0.6) is 0 Å². The number of nitrogens with zero attached hydrogens (tertiary/aromatic N) is 6. The van der Waals surface area contributed by atoms with Crippen molar-refractivity contribution in [3.8, 4) is 5.82 Å². The number of pyridine rings is 1. The van der Waals surface area contributed by atoms with E-state index in [0.717, 1.165) is 25.1 Å². The van der Waals surface area contributed by atoms with Gasteiger partial charge in [-0.25, -0.2) is 14.6 Å². The Kier molecular flexibility index (Phi) is 4.84. The standard InChI is InChI=1S/C18H18F3N7/c19-18(20,21)13-2-3-16(23-10-13)27-8-4-14(5-9-27)25-15-11-22-12-17(26-15)28-7-1-6-24-28/h1-3,6-7,10-12,14H,4-5,8-9H2,(H,25,26). The lowest BCUT2D eigenvalue weighted by molar-refractivity contribution is -0.137. The minimum atomic E-state index is -4.37. The molecule has 0 spiro atoms. The van der Waals surface area contributed by atoms with E-state index in [1.807, 2.05) is 11.0 Å². The molecule has 1 fully saturated rings. The molecule has 0 atom stereocenters. The maximum atomic E-state index is 12.7. The quantitative estimate of drug-likeness (QED) is 0.739. The van der Waals surface area contributed by atoms with Crippen LogP contribution >= 0.6 is 0 Å². The lowest BCUT2D eigenvalue weighted by atomic mass is 10.1. The van der Waals surface area contributed by atoms with Gasteiger partial charge in [-0.05, 0) is 31.0 Å². The fourth-order valence-corrected chi connectivity index (χ4v) is 3.14.